The van der Waals surface area contributed by atoms with Gasteiger partial charge in [0.25, 0.3) is 5.91 Å². The lowest BCUT2D eigenvalue weighted by molar-refractivity contribution is -0.139. The molecule has 8 rings (SSSR count). The van der Waals surface area contributed by atoms with Crippen molar-refractivity contribution in [1.29, 1.82) is 0 Å². The van der Waals surface area contributed by atoms with Crippen molar-refractivity contribution in [3.63, 3.8) is 0 Å². The molecule has 3 aromatic carbocycles. The third kappa shape index (κ3) is 9.48. The van der Waals surface area contributed by atoms with Crippen molar-refractivity contribution in [2.75, 3.05) is 43.0 Å². The lowest BCUT2D eigenvalue weighted by Gasteiger charge is -2.33. The number of amides is 2. The van der Waals surface area contributed by atoms with E-state index in [2.05, 4.69) is 46.8 Å². The molecule has 0 spiro atoms. The molecule has 2 aliphatic rings. The van der Waals surface area contributed by atoms with Gasteiger partial charge in [0.2, 0.25) is 11.9 Å². The first-order chi connectivity index (χ1) is 31.6. The zero-order chi connectivity index (χ0) is 46.8. The number of nitrogen functional groups attached to an aromatic ring is 2. The summed E-state index contributed by atoms with van der Waals surface area (Å²) in [6, 6.07) is 13.7. The van der Waals surface area contributed by atoms with Crippen LogP contribution in [0.3, 0.4) is 0 Å². The number of phenolic OH excluding ortho intramolecular Hbond substituents is 2. The Bertz CT molecular complexity index is 2840. The number of nitrogens with two attached hydrogens (primary N) is 2. The maximum Gasteiger partial charge on any atom is 0.326 e. The second-order valence-corrected chi connectivity index (χ2v) is 16.9. The Morgan fingerprint density at radius 2 is 1.70 bits per heavy atom. The topological polar surface area (TPSA) is 297 Å². The number of carbonyl (C=O) groups is 3. The van der Waals surface area contributed by atoms with E-state index in [1.54, 1.807) is 41.4 Å². The lowest BCUT2D eigenvalue weighted by atomic mass is 9.95. The van der Waals surface area contributed by atoms with Crippen LogP contribution in [-0.4, -0.2) is 111 Å². The number of benzene rings is 3. The molecular formula is C46H51N13O7. The fourth-order valence-corrected chi connectivity index (χ4v) is 8.40. The van der Waals surface area contributed by atoms with Crippen LogP contribution in [0.2, 0.25) is 0 Å². The minimum Gasteiger partial charge on any atom is -0.508 e. The van der Waals surface area contributed by atoms with E-state index < -0.39 is 17.9 Å². The van der Waals surface area contributed by atoms with Gasteiger partial charge in [0.1, 0.15) is 17.5 Å². The zero-order valence-corrected chi connectivity index (χ0v) is 36.6. The number of phenols is 2. The molecule has 10 N–H and O–H groups in total. The van der Waals surface area contributed by atoms with Gasteiger partial charge >= 0.3 is 12.0 Å². The number of anilines is 3. The summed E-state index contributed by atoms with van der Waals surface area (Å²) in [5, 5.41) is 56.0. The molecule has 0 bridgehead atoms. The third-order valence-corrected chi connectivity index (χ3v) is 12.1. The Morgan fingerprint density at radius 1 is 0.939 bits per heavy atom. The SMILES string of the molecule is CC(C)c1cc(-c2nnc(O)n2-c2ccc3c(c2)C=CC3NCC2CCN(C(=O)CC[C@H](NC(=O)c3ccc(N(C)Cc4cnc5nc(N)nc(N)c5n4)cc3)C(=O)O)CC2)c(O)cc1O. The molecule has 3 aromatic heterocycles. The average Bonchev–Trinajstić information content (AvgIpc) is 3.89. The highest BCUT2D eigenvalue weighted by molar-refractivity contribution is 5.97. The maximum absolute atomic E-state index is 13.2. The fraction of sp³-hybridized carbons (Fsp3) is 0.326. The van der Waals surface area contributed by atoms with E-state index in [0.717, 1.165) is 36.2 Å². The van der Waals surface area contributed by atoms with Crippen LogP contribution in [0, 0.1) is 5.92 Å². The van der Waals surface area contributed by atoms with Gasteiger partial charge in [-0.3, -0.25) is 9.59 Å². The fourth-order valence-electron chi connectivity index (χ4n) is 8.40. The molecule has 1 aliphatic carbocycles. The number of carboxylic acid groups (broad SMARTS) is 1. The summed E-state index contributed by atoms with van der Waals surface area (Å²) in [6.45, 7) is 6.02. The van der Waals surface area contributed by atoms with Crippen molar-refractivity contribution in [3.05, 3.63) is 94.8 Å². The molecule has 4 heterocycles. The molecule has 1 saturated heterocycles. The predicted molar refractivity (Wildman–Crippen MR) is 246 cm³/mol. The van der Waals surface area contributed by atoms with Crippen molar-refractivity contribution in [3.8, 4) is 34.6 Å². The van der Waals surface area contributed by atoms with Gasteiger partial charge in [-0.25, -0.2) is 19.3 Å². The number of nitrogens with zero attached hydrogens (tertiary/aromatic N) is 9. The van der Waals surface area contributed by atoms with Crippen molar-refractivity contribution in [2.24, 2.45) is 5.92 Å². The molecule has 342 valence electrons. The first kappa shape index (κ1) is 44.7. The molecule has 2 amide bonds. The van der Waals surface area contributed by atoms with Gasteiger partial charge in [-0.2, -0.15) is 9.97 Å². The number of likely N-dealkylation sites (tertiary alicyclic amines) is 1. The highest BCUT2D eigenvalue weighted by atomic mass is 16.4. The van der Waals surface area contributed by atoms with E-state index in [0.29, 0.717) is 59.2 Å². The smallest absolute Gasteiger partial charge is 0.326 e. The first-order valence-electron chi connectivity index (χ1n) is 21.6. The number of aromatic hydroxyl groups is 3. The highest BCUT2D eigenvalue weighted by Gasteiger charge is 2.28. The van der Waals surface area contributed by atoms with Crippen LogP contribution in [-0.2, 0) is 16.1 Å². The van der Waals surface area contributed by atoms with Crippen molar-refractivity contribution in [2.45, 2.75) is 64.1 Å². The molecule has 20 nitrogen and oxygen atoms in total. The van der Waals surface area contributed by atoms with E-state index in [4.69, 9.17) is 11.5 Å². The van der Waals surface area contributed by atoms with Crippen LogP contribution in [0.1, 0.15) is 84.2 Å². The Balaban J connectivity index is 0.794. The molecule has 6 aromatic rings. The second-order valence-electron chi connectivity index (χ2n) is 16.9. The summed E-state index contributed by atoms with van der Waals surface area (Å²) in [7, 11) is 1.84. The minimum atomic E-state index is -1.25. The summed E-state index contributed by atoms with van der Waals surface area (Å²) >= 11 is 0. The third-order valence-electron chi connectivity index (χ3n) is 12.1. The van der Waals surface area contributed by atoms with Gasteiger partial charge in [-0.1, -0.05) is 37.2 Å². The highest BCUT2D eigenvalue weighted by Crippen LogP contribution is 2.40. The molecule has 20 heteroatoms. The number of fused-ring (bicyclic) bond motifs is 2. The van der Waals surface area contributed by atoms with Gasteiger partial charge in [-0.15, -0.1) is 5.10 Å². The number of aliphatic carboxylic acids is 1. The van der Waals surface area contributed by atoms with Gasteiger partial charge in [0.05, 0.1) is 35.7 Å². The second kappa shape index (κ2) is 18.7. The predicted octanol–water partition coefficient (Wildman–Crippen LogP) is 4.27. The number of hydrogen-bond donors (Lipinski definition) is 8. The number of carbonyl (C=O) groups excluding carboxylic acids is 2. The van der Waals surface area contributed by atoms with Crippen LogP contribution >= 0.6 is 0 Å². The number of carboxylic acids is 1. The summed E-state index contributed by atoms with van der Waals surface area (Å²) in [6.07, 6.45) is 7.12. The largest absolute Gasteiger partial charge is 0.508 e. The Kier molecular flexibility index (Phi) is 12.7. The first-order valence-corrected chi connectivity index (χ1v) is 21.6. The van der Waals surface area contributed by atoms with Gasteiger partial charge < -0.3 is 52.3 Å². The normalized spacial score (nSPS) is 15.3. The summed E-state index contributed by atoms with van der Waals surface area (Å²) in [4.78, 5) is 59.0. The van der Waals surface area contributed by atoms with E-state index in [1.807, 2.05) is 50.1 Å². The lowest BCUT2D eigenvalue weighted by Crippen LogP contribution is -2.43. The summed E-state index contributed by atoms with van der Waals surface area (Å²) < 4.78 is 1.46. The van der Waals surface area contributed by atoms with E-state index >= 15 is 0 Å². The number of rotatable bonds is 15. The molecule has 1 fully saturated rings. The van der Waals surface area contributed by atoms with E-state index in [9.17, 15) is 34.8 Å². The molecule has 0 saturated carbocycles. The summed E-state index contributed by atoms with van der Waals surface area (Å²) in [5.41, 5.74) is 17.4. The number of hydrogen-bond acceptors (Lipinski definition) is 16. The van der Waals surface area contributed by atoms with Gasteiger partial charge in [0, 0.05) is 43.9 Å². The Morgan fingerprint density at radius 3 is 2.42 bits per heavy atom. The van der Waals surface area contributed by atoms with Crippen LogP contribution in [0.5, 0.6) is 17.5 Å². The zero-order valence-electron chi connectivity index (χ0n) is 36.6. The van der Waals surface area contributed by atoms with E-state index in [-0.39, 0.29) is 71.4 Å². The standard InChI is InChI=1S/C46H51N13O7/c1-24(2)32-19-33(37(61)20-36(32)60)42-55-56-46(66)59(42)30-9-10-31-27(18-30)6-11-34(31)49-21-25-14-16-58(17-15-25)38(62)13-12-35(44(64)65)52-43(63)26-4-7-29(8-5-26)57(3)23-28-22-50-41-39(51-28)40(47)53-45(48)54-41/h4-11,18-20,22,24-25,34-35,49,60-61H,12-17,21,23H2,1-3H3,(H,52,63)(H,56,66)(H,64,65)(H4,47,48,50,53,54)/t34?,35-/m0/s1. The number of nitrogens with one attached hydrogen (secondary N) is 2. The van der Waals surface area contributed by atoms with E-state index in [1.165, 1.54) is 10.6 Å². The van der Waals surface area contributed by atoms with Crippen LogP contribution in [0.4, 0.5) is 17.5 Å². The van der Waals surface area contributed by atoms with Gasteiger partial charge in [0.15, 0.2) is 22.8 Å². The van der Waals surface area contributed by atoms with Crippen LogP contribution in [0.25, 0.3) is 34.3 Å². The quantitative estimate of drug-likeness (QED) is 0.0714. The Hall–Kier alpha value is -7.87. The maximum atomic E-state index is 13.2. The molecule has 66 heavy (non-hydrogen) atoms. The monoisotopic (exact) mass is 897 g/mol. The molecule has 1 aliphatic heterocycles. The number of piperidine rings is 1. The average molecular weight is 898 g/mol. The number of aromatic nitrogens is 7. The molecular weight excluding hydrogens is 847 g/mol. The van der Waals surface area contributed by atoms with Crippen LogP contribution in [0.15, 0.2) is 66.9 Å². The molecule has 0 radical (unpaired) electrons. The molecule has 2 atom stereocenters. The van der Waals surface area contributed by atoms with Crippen molar-refractivity contribution >= 4 is 52.5 Å². The molecule has 1 unspecified atom stereocenters. The van der Waals surface area contributed by atoms with Gasteiger partial charge in [-0.05, 0) is 96.8 Å². The minimum absolute atomic E-state index is 0.00912. The summed E-state index contributed by atoms with van der Waals surface area (Å²) in [5.74, 6) is -1.51. The van der Waals surface area contributed by atoms with Crippen LogP contribution < -0.4 is 27.0 Å². The van der Waals surface area contributed by atoms with Crippen molar-refractivity contribution in [1.82, 2.24) is 50.2 Å². The Labute approximate surface area is 379 Å². The van der Waals surface area contributed by atoms with Crippen molar-refractivity contribution < 1.29 is 34.8 Å².